The van der Waals surface area contributed by atoms with E-state index in [1.54, 1.807) is 0 Å². The SMILES string of the molecule is OC1(CNCc2ccccc2OCc2ccccc2)CCOCC1. The minimum atomic E-state index is -0.655. The van der Waals surface area contributed by atoms with Crippen LogP contribution in [0.3, 0.4) is 0 Å². The van der Waals surface area contributed by atoms with Gasteiger partial charge in [-0.1, -0.05) is 48.5 Å². The van der Waals surface area contributed by atoms with Crippen LogP contribution in [0.2, 0.25) is 0 Å². The molecule has 0 spiro atoms. The van der Waals surface area contributed by atoms with Crippen LogP contribution in [0.15, 0.2) is 54.6 Å². The molecule has 128 valence electrons. The fraction of sp³-hybridized carbons (Fsp3) is 0.400. The van der Waals surface area contributed by atoms with Crippen molar-refractivity contribution in [2.45, 2.75) is 31.6 Å². The molecule has 1 aliphatic rings. The van der Waals surface area contributed by atoms with Crippen molar-refractivity contribution in [3.8, 4) is 5.75 Å². The van der Waals surface area contributed by atoms with Crippen molar-refractivity contribution in [2.75, 3.05) is 19.8 Å². The van der Waals surface area contributed by atoms with Crippen LogP contribution in [0, 0.1) is 0 Å². The third-order valence-electron chi connectivity index (χ3n) is 4.40. The van der Waals surface area contributed by atoms with Crippen molar-refractivity contribution >= 4 is 0 Å². The summed E-state index contributed by atoms with van der Waals surface area (Å²) in [7, 11) is 0. The van der Waals surface area contributed by atoms with Crippen molar-refractivity contribution in [3.63, 3.8) is 0 Å². The molecule has 0 aliphatic carbocycles. The molecule has 4 nitrogen and oxygen atoms in total. The second-order valence-electron chi connectivity index (χ2n) is 6.32. The molecule has 0 atom stereocenters. The molecule has 4 heteroatoms. The van der Waals surface area contributed by atoms with E-state index >= 15 is 0 Å². The zero-order valence-electron chi connectivity index (χ0n) is 13.9. The predicted octanol–water partition coefficient (Wildman–Crippen LogP) is 2.90. The number of nitrogens with one attached hydrogen (secondary N) is 1. The second kappa shape index (κ2) is 8.29. The average molecular weight is 327 g/mol. The van der Waals surface area contributed by atoms with Crippen LogP contribution >= 0.6 is 0 Å². The highest BCUT2D eigenvalue weighted by molar-refractivity contribution is 5.33. The Hall–Kier alpha value is -1.88. The van der Waals surface area contributed by atoms with Crippen molar-refractivity contribution < 1.29 is 14.6 Å². The number of rotatable bonds is 7. The Kier molecular flexibility index (Phi) is 5.86. The molecule has 2 aromatic rings. The molecule has 0 saturated carbocycles. The van der Waals surface area contributed by atoms with E-state index in [4.69, 9.17) is 9.47 Å². The van der Waals surface area contributed by atoms with Gasteiger partial charge in [-0.25, -0.2) is 0 Å². The highest BCUT2D eigenvalue weighted by Gasteiger charge is 2.29. The number of benzene rings is 2. The summed E-state index contributed by atoms with van der Waals surface area (Å²) < 4.78 is 11.3. The van der Waals surface area contributed by atoms with Gasteiger partial charge in [-0.15, -0.1) is 0 Å². The minimum absolute atomic E-state index is 0.555. The predicted molar refractivity (Wildman–Crippen MR) is 93.9 cm³/mol. The topological polar surface area (TPSA) is 50.7 Å². The zero-order valence-corrected chi connectivity index (χ0v) is 13.9. The van der Waals surface area contributed by atoms with Gasteiger partial charge in [0.1, 0.15) is 12.4 Å². The second-order valence-corrected chi connectivity index (χ2v) is 6.32. The molecule has 1 saturated heterocycles. The molecule has 0 amide bonds. The summed E-state index contributed by atoms with van der Waals surface area (Å²) in [5.41, 5.74) is 1.60. The van der Waals surface area contributed by atoms with E-state index in [0.717, 1.165) is 16.9 Å². The van der Waals surface area contributed by atoms with Gasteiger partial charge in [-0.3, -0.25) is 0 Å². The van der Waals surface area contributed by atoms with E-state index in [2.05, 4.69) is 23.5 Å². The highest BCUT2D eigenvalue weighted by atomic mass is 16.5. The standard InChI is InChI=1S/C20H25NO3/c22-20(10-12-23-13-11-20)16-21-14-18-8-4-5-9-19(18)24-15-17-6-2-1-3-7-17/h1-9,21-22H,10-16H2. The van der Waals surface area contributed by atoms with Crippen molar-refractivity contribution in [3.05, 3.63) is 65.7 Å². The maximum atomic E-state index is 10.5. The van der Waals surface area contributed by atoms with Gasteiger partial charge in [0.2, 0.25) is 0 Å². The number of hydrogen-bond acceptors (Lipinski definition) is 4. The lowest BCUT2D eigenvalue weighted by atomic mass is 9.94. The molecule has 2 N–H and O–H groups in total. The number of ether oxygens (including phenoxy) is 2. The first-order valence-corrected chi connectivity index (χ1v) is 8.51. The summed E-state index contributed by atoms with van der Waals surface area (Å²) in [6.07, 6.45) is 1.37. The summed E-state index contributed by atoms with van der Waals surface area (Å²) in [6.45, 7) is 3.07. The Labute approximate surface area is 143 Å². The van der Waals surface area contributed by atoms with Gasteiger partial charge in [-0.05, 0) is 11.6 Å². The van der Waals surface area contributed by atoms with Crippen LogP contribution in [0.25, 0.3) is 0 Å². The molecule has 24 heavy (non-hydrogen) atoms. The number of hydrogen-bond donors (Lipinski definition) is 2. The third-order valence-corrected chi connectivity index (χ3v) is 4.40. The monoisotopic (exact) mass is 327 g/mol. The smallest absolute Gasteiger partial charge is 0.124 e. The maximum absolute atomic E-state index is 10.5. The molecule has 0 bridgehead atoms. The number of aliphatic hydroxyl groups is 1. The van der Waals surface area contributed by atoms with Crippen molar-refractivity contribution in [2.24, 2.45) is 0 Å². The lowest BCUT2D eigenvalue weighted by Crippen LogP contribution is -2.44. The van der Waals surface area contributed by atoms with E-state index in [1.807, 2.05) is 36.4 Å². The first kappa shape index (κ1) is 17.0. The van der Waals surface area contributed by atoms with Crippen molar-refractivity contribution in [1.29, 1.82) is 0 Å². The Morgan fingerprint density at radius 1 is 1.00 bits per heavy atom. The van der Waals surface area contributed by atoms with E-state index in [0.29, 0.717) is 45.8 Å². The summed E-state index contributed by atoms with van der Waals surface area (Å²) >= 11 is 0. The first-order valence-electron chi connectivity index (χ1n) is 8.51. The van der Waals surface area contributed by atoms with E-state index in [-0.39, 0.29) is 0 Å². The fourth-order valence-electron chi connectivity index (χ4n) is 2.88. The van der Waals surface area contributed by atoms with E-state index in [9.17, 15) is 5.11 Å². The molecule has 1 aliphatic heterocycles. The van der Waals surface area contributed by atoms with Gasteiger partial charge >= 0.3 is 0 Å². The van der Waals surface area contributed by atoms with Crippen LogP contribution in [0.4, 0.5) is 0 Å². The summed E-state index contributed by atoms with van der Waals surface area (Å²) in [5.74, 6) is 0.882. The number of para-hydroxylation sites is 1. The molecule has 0 aromatic heterocycles. The Morgan fingerprint density at radius 2 is 1.71 bits per heavy atom. The van der Waals surface area contributed by atoms with Gasteiger partial charge in [0.25, 0.3) is 0 Å². The quantitative estimate of drug-likeness (QED) is 0.821. The lowest BCUT2D eigenvalue weighted by Gasteiger charge is -2.32. The summed E-state index contributed by atoms with van der Waals surface area (Å²) in [6, 6.07) is 18.2. The van der Waals surface area contributed by atoms with Gasteiger partial charge < -0.3 is 19.9 Å². The largest absolute Gasteiger partial charge is 0.489 e. The van der Waals surface area contributed by atoms with Crippen molar-refractivity contribution in [1.82, 2.24) is 5.32 Å². The van der Waals surface area contributed by atoms with Crippen LogP contribution in [-0.2, 0) is 17.9 Å². The molecule has 0 radical (unpaired) electrons. The maximum Gasteiger partial charge on any atom is 0.124 e. The van der Waals surface area contributed by atoms with Gasteiger partial charge in [0, 0.05) is 44.7 Å². The molecular formula is C20H25NO3. The summed E-state index contributed by atoms with van der Waals surface area (Å²) in [5, 5.41) is 13.9. The zero-order chi connectivity index (χ0) is 16.7. The fourth-order valence-corrected chi connectivity index (χ4v) is 2.88. The molecule has 2 aromatic carbocycles. The van der Waals surface area contributed by atoms with Crippen LogP contribution in [0.5, 0.6) is 5.75 Å². The molecular weight excluding hydrogens is 302 g/mol. The Bertz CT molecular complexity index is 624. The molecule has 1 fully saturated rings. The molecule has 0 unspecified atom stereocenters. The Balaban J connectivity index is 1.54. The van der Waals surface area contributed by atoms with Gasteiger partial charge in [0.05, 0.1) is 5.60 Å². The van der Waals surface area contributed by atoms with E-state index < -0.39 is 5.60 Å². The van der Waals surface area contributed by atoms with Gasteiger partial charge in [0.15, 0.2) is 0 Å². The van der Waals surface area contributed by atoms with Crippen LogP contribution in [-0.4, -0.2) is 30.5 Å². The van der Waals surface area contributed by atoms with Crippen LogP contribution < -0.4 is 10.1 Å². The van der Waals surface area contributed by atoms with E-state index in [1.165, 1.54) is 0 Å². The summed E-state index contributed by atoms with van der Waals surface area (Å²) in [4.78, 5) is 0. The minimum Gasteiger partial charge on any atom is -0.489 e. The van der Waals surface area contributed by atoms with Gasteiger partial charge in [-0.2, -0.15) is 0 Å². The lowest BCUT2D eigenvalue weighted by molar-refractivity contribution is -0.0617. The molecule has 3 rings (SSSR count). The first-order chi connectivity index (χ1) is 11.8. The highest BCUT2D eigenvalue weighted by Crippen LogP contribution is 2.21. The molecule has 1 heterocycles. The van der Waals surface area contributed by atoms with Crippen LogP contribution in [0.1, 0.15) is 24.0 Å². The third kappa shape index (κ3) is 4.81. The Morgan fingerprint density at radius 3 is 2.50 bits per heavy atom. The average Bonchev–Trinajstić information content (AvgIpc) is 2.62. The normalized spacial score (nSPS) is 16.7.